The third-order valence-corrected chi connectivity index (χ3v) is 10.4. The van der Waals surface area contributed by atoms with Crippen molar-refractivity contribution in [3.63, 3.8) is 0 Å². The summed E-state index contributed by atoms with van der Waals surface area (Å²) < 4.78 is 2.52. The molecule has 3 saturated heterocycles. The molecule has 3 aliphatic heterocycles. The Labute approximate surface area is 243 Å². The highest BCUT2D eigenvalue weighted by Crippen LogP contribution is 2.45. The third-order valence-electron chi connectivity index (χ3n) is 10.4. The molecule has 3 aliphatic rings. The molecule has 0 spiro atoms. The lowest BCUT2D eigenvalue weighted by Gasteiger charge is -2.45. The highest BCUT2D eigenvalue weighted by atomic mass is 16.2. The van der Waals surface area contributed by atoms with Gasteiger partial charge in [0.1, 0.15) is 5.82 Å². The van der Waals surface area contributed by atoms with Gasteiger partial charge in [-0.15, -0.1) is 0 Å². The number of fused-ring (bicyclic) bond motifs is 3. The number of carbonyl (C=O) groups is 1. The molecule has 0 saturated carbocycles. The van der Waals surface area contributed by atoms with Crippen LogP contribution in [0, 0.1) is 6.92 Å². The van der Waals surface area contributed by atoms with Crippen LogP contribution in [0.2, 0.25) is 0 Å². The monoisotopic (exact) mass is 547 g/mol. The van der Waals surface area contributed by atoms with Gasteiger partial charge in [-0.1, -0.05) is 54.6 Å². The second-order valence-electron chi connectivity index (χ2n) is 12.5. The number of para-hydroxylation sites is 3. The van der Waals surface area contributed by atoms with Crippen LogP contribution >= 0.6 is 0 Å². The zero-order valence-electron chi connectivity index (χ0n) is 24.1. The van der Waals surface area contributed by atoms with E-state index in [0.717, 1.165) is 50.2 Å². The first-order valence-corrected chi connectivity index (χ1v) is 15.4. The number of amides is 1. The molecule has 2 N–H and O–H groups in total. The number of carbonyl (C=O) groups excluding carboxylic acids is 1. The lowest BCUT2D eigenvalue weighted by molar-refractivity contribution is 0.0608. The molecule has 6 heteroatoms. The van der Waals surface area contributed by atoms with E-state index in [4.69, 9.17) is 10.7 Å². The SMILES string of the molecule is Cc1nc2ccccc2n1[C@H]1C[C@H]2CC[C@@H](C1)N2CCC1(c2ccccc2)CCN(C(=O)c2ccccc2N)CC1. The van der Waals surface area contributed by atoms with Crippen LogP contribution in [0.25, 0.3) is 11.0 Å². The number of aryl methyl sites for hydroxylation is 1. The molecule has 3 atom stereocenters. The molecule has 0 unspecified atom stereocenters. The van der Waals surface area contributed by atoms with Crippen LogP contribution < -0.4 is 5.73 Å². The highest BCUT2D eigenvalue weighted by molar-refractivity contribution is 5.99. The summed E-state index contributed by atoms with van der Waals surface area (Å²) in [7, 11) is 0. The maximum Gasteiger partial charge on any atom is 0.255 e. The average Bonchev–Trinajstić information content (AvgIpc) is 3.47. The van der Waals surface area contributed by atoms with Gasteiger partial charge in [-0.2, -0.15) is 0 Å². The van der Waals surface area contributed by atoms with Gasteiger partial charge in [0.05, 0.1) is 16.6 Å². The number of nitrogen functional groups attached to an aromatic ring is 1. The Morgan fingerprint density at radius 2 is 1.54 bits per heavy atom. The van der Waals surface area contributed by atoms with E-state index in [1.807, 2.05) is 29.2 Å². The average molecular weight is 548 g/mol. The summed E-state index contributed by atoms with van der Waals surface area (Å²) in [6.45, 7) is 4.83. The number of benzene rings is 3. The number of likely N-dealkylation sites (tertiary alicyclic amines) is 1. The third kappa shape index (κ3) is 4.72. The Bertz CT molecular complexity index is 1520. The lowest BCUT2D eigenvalue weighted by atomic mass is 9.70. The van der Waals surface area contributed by atoms with Crippen molar-refractivity contribution in [1.29, 1.82) is 0 Å². The van der Waals surface area contributed by atoms with Gasteiger partial charge >= 0.3 is 0 Å². The van der Waals surface area contributed by atoms with Crippen LogP contribution in [0.15, 0.2) is 78.9 Å². The van der Waals surface area contributed by atoms with Gasteiger partial charge in [-0.3, -0.25) is 9.69 Å². The molecule has 1 aromatic heterocycles. The summed E-state index contributed by atoms with van der Waals surface area (Å²) in [5.41, 5.74) is 11.3. The van der Waals surface area contributed by atoms with E-state index < -0.39 is 0 Å². The summed E-state index contributed by atoms with van der Waals surface area (Å²) in [5.74, 6) is 1.21. The first-order chi connectivity index (χ1) is 20.0. The molecule has 0 radical (unpaired) electrons. The Hall–Kier alpha value is -3.64. The summed E-state index contributed by atoms with van der Waals surface area (Å²) in [5, 5.41) is 0. The second kappa shape index (κ2) is 10.6. The summed E-state index contributed by atoms with van der Waals surface area (Å²) in [4.78, 5) is 23.1. The fraction of sp³-hybridized carbons (Fsp3) is 0.429. The van der Waals surface area contributed by atoms with E-state index in [0.29, 0.717) is 29.4 Å². The van der Waals surface area contributed by atoms with Crippen molar-refractivity contribution in [1.82, 2.24) is 19.4 Å². The molecule has 3 aromatic carbocycles. The number of hydrogen-bond donors (Lipinski definition) is 1. The lowest BCUT2D eigenvalue weighted by Crippen LogP contribution is -2.49. The number of imidazole rings is 1. The Balaban J connectivity index is 1.07. The van der Waals surface area contributed by atoms with E-state index in [1.165, 1.54) is 36.8 Å². The molecular formula is C35H41N5O. The Morgan fingerprint density at radius 3 is 2.27 bits per heavy atom. The van der Waals surface area contributed by atoms with Crippen LogP contribution in [0.3, 0.4) is 0 Å². The van der Waals surface area contributed by atoms with Crippen LogP contribution in [0.5, 0.6) is 0 Å². The van der Waals surface area contributed by atoms with Gasteiger partial charge in [-0.05, 0) is 93.7 Å². The first-order valence-electron chi connectivity index (χ1n) is 15.4. The fourth-order valence-electron chi connectivity index (χ4n) is 8.27. The quantitative estimate of drug-likeness (QED) is 0.285. The second-order valence-corrected chi connectivity index (χ2v) is 12.5. The number of rotatable bonds is 6. The minimum Gasteiger partial charge on any atom is -0.398 e. The molecule has 4 heterocycles. The number of anilines is 1. The van der Waals surface area contributed by atoms with Crippen molar-refractivity contribution >= 4 is 22.6 Å². The number of aromatic nitrogens is 2. The van der Waals surface area contributed by atoms with Crippen molar-refractivity contribution in [2.75, 3.05) is 25.4 Å². The minimum atomic E-state index is 0.0622. The van der Waals surface area contributed by atoms with E-state index in [-0.39, 0.29) is 11.3 Å². The van der Waals surface area contributed by atoms with Crippen molar-refractivity contribution in [3.8, 4) is 0 Å². The van der Waals surface area contributed by atoms with Crippen LogP contribution in [0.1, 0.15) is 72.7 Å². The van der Waals surface area contributed by atoms with Gasteiger partial charge in [0.25, 0.3) is 5.91 Å². The maximum atomic E-state index is 13.3. The normalized spacial score (nSPS) is 24.1. The van der Waals surface area contributed by atoms with Crippen molar-refractivity contribution in [2.45, 2.75) is 75.4 Å². The zero-order valence-corrected chi connectivity index (χ0v) is 24.1. The van der Waals surface area contributed by atoms with E-state index in [9.17, 15) is 4.79 Å². The van der Waals surface area contributed by atoms with E-state index in [2.05, 4.69) is 71.0 Å². The summed E-state index contributed by atoms with van der Waals surface area (Å²) >= 11 is 0. The topological polar surface area (TPSA) is 67.4 Å². The van der Waals surface area contributed by atoms with Gasteiger partial charge in [0, 0.05) is 36.9 Å². The predicted molar refractivity (Wildman–Crippen MR) is 165 cm³/mol. The smallest absolute Gasteiger partial charge is 0.255 e. The number of hydrogen-bond acceptors (Lipinski definition) is 4. The van der Waals surface area contributed by atoms with Crippen molar-refractivity contribution < 1.29 is 4.79 Å². The van der Waals surface area contributed by atoms with Crippen LogP contribution in [0.4, 0.5) is 5.69 Å². The molecule has 6 nitrogen and oxygen atoms in total. The largest absolute Gasteiger partial charge is 0.398 e. The van der Waals surface area contributed by atoms with Crippen LogP contribution in [-0.2, 0) is 5.41 Å². The van der Waals surface area contributed by atoms with Gasteiger partial charge in [-0.25, -0.2) is 4.98 Å². The first kappa shape index (κ1) is 26.3. The van der Waals surface area contributed by atoms with E-state index >= 15 is 0 Å². The minimum absolute atomic E-state index is 0.0622. The highest BCUT2D eigenvalue weighted by Gasteiger charge is 2.44. The van der Waals surface area contributed by atoms with Crippen LogP contribution in [-0.4, -0.2) is 57.0 Å². The molecule has 212 valence electrons. The molecule has 41 heavy (non-hydrogen) atoms. The molecule has 0 aliphatic carbocycles. The molecule has 4 aromatic rings. The van der Waals surface area contributed by atoms with Crippen molar-refractivity contribution in [3.05, 3.63) is 95.8 Å². The molecule has 1 amide bonds. The zero-order chi connectivity index (χ0) is 28.0. The van der Waals surface area contributed by atoms with E-state index in [1.54, 1.807) is 0 Å². The predicted octanol–water partition coefficient (Wildman–Crippen LogP) is 6.36. The Kier molecular flexibility index (Phi) is 6.82. The molecule has 7 rings (SSSR count). The number of piperidine rings is 2. The van der Waals surface area contributed by atoms with Gasteiger partial charge in [0.2, 0.25) is 0 Å². The fourth-order valence-corrected chi connectivity index (χ4v) is 8.27. The van der Waals surface area contributed by atoms with Gasteiger partial charge < -0.3 is 15.2 Å². The Morgan fingerprint density at radius 1 is 0.878 bits per heavy atom. The molecule has 3 fully saturated rings. The molecular weight excluding hydrogens is 506 g/mol. The summed E-state index contributed by atoms with van der Waals surface area (Å²) in [6, 6.07) is 28.9. The standard InChI is InChI=1S/C35H41N5O/c1-25-37-32-13-7-8-14-33(32)40(25)29-23-27-15-16-28(24-29)39(27)22-19-35(26-9-3-2-4-10-26)17-20-38(21-18-35)34(41)30-11-5-6-12-31(30)36/h2-14,27-29H,15-24,36H2,1H3/t27-,28+,29+. The number of nitrogens with zero attached hydrogens (tertiary/aromatic N) is 4. The molecule has 2 bridgehead atoms. The van der Waals surface area contributed by atoms with Crippen molar-refractivity contribution in [2.24, 2.45) is 0 Å². The summed E-state index contributed by atoms with van der Waals surface area (Å²) in [6.07, 6.45) is 8.12. The van der Waals surface area contributed by atoms with Gasteiger partial charge in [0.15, 0.2) is 0 Å². The maximum absolute atomic E-state index is 13.3. The number of nitrogens with two attached hydrogens (primary N) is 1.